The fourth-order valence-corrected chi connectivity index (χ4v) is 1.68. The topological polar surface area (TPSA) is 154 Å². The number of hydrogen-bond acceptors (Lipinski definition) is 7. The minimum Gasteiger partial charge on any atom is -0.368 e. The van der Waals surface area contributed by atoms with Crippen molar-refractivity contribution in [2.24, 2.45) is 0 Å². The van der Waals surface area contributed by atoms with Crippen molar-refractivity contribution < 1.29 is 10.0 Å². The molecule has 0 atom stereocenters. The molecule has 2 aromatic rings. The molecule has 0 spiro atoms. The van der Waals surface area contributed by atoms with Crippen molar-refractivity contribution in [2.75, 3.05) is 24.1 Å². The van der Waals surface area contributed by atoms with Crippen molar-refractivity contribution in [1.82, 2.24) is 30.7 Å². The minimum atomic E-state index is -0.610. The first-order valence-corrected chi connectivity index (χ1v) is 6.09. The zero-order valence-electron chi connectivity index (χ0n) is 10.7. The molecule has 10 heteroatoms. The maximum Gasteiger partial charge on any atom is 0.338 e. The molecule has 0 saturated heterocycles. The van der Waals surface area contributed by atoms with E-state index >= 15 is 0 Å². The zero-order valence-corrected chi connectivity index (χ0v) is 10.7. The molecule has 108 valence electrons. The van der Waals surface area contributed by atoms with Gasteiger partial charge in [-0.25, -0.2) is 15.3 Å². The highest BCUT2D eigenvalue weighted by Crippen LogP contribution is 2.16. The molecule has 0 radical (unpaired) electrons. The Kier molecular flexibility index (Phi) is 4.50. The van der Waals surface area contributed by atoms with Crippen LogP contribution >= 0.6 is 0 Å². The van der Waals surface area contributed by atoms with Gasteiger partial charge in [0.25, 0.3) is 0 Å². The van der Waals surface area contributed by atoms with E-state index in [9.17, 15) is 4.79 Å². The molecular weight excluding hydrogens is 264 g/mol. The first-order valence-electron chi connectivity index (χ1n) is 6.09. The van der Waals surface area contributed by atoms with Crippen molar-refractivity contribution in [2.45, 2.75) is 12.8 Å². The van der Waals surface area contributed by atoms with Crippen LogP contribution < -0.4 is 21.8 Å². The van der Waals surface area contributed by atoms with Gasteiger partial charge in [-0.15, -0.1) is 0 Å². The summed E-state index contributed by atoms with van der Waals surface area (Å²) >= 11 is 0. The van der Waals surface area contributed by atoms with Crippen LogP contribution in [0.5, 0.6) is 0 Å². The summed E-state index contributed by atoms with van der Waals surface area (Å²) in [6, 6.07) is -0.610. The molecule has 0 fully saturated rings. The number of hydrogen-bond donors (Lipinski definition) is 6. The van der Waals surface area contributed by atoms with Gasteiger partial charge in [0.05, 0.1) is 6.33 Å². The fraction of sp³-hybridized carbons (Fsp3) is 0.400. The average molecular weight is 280 g/mol. The third-order valence-corrected chi connectivity index (χ3v) is 2.59. The summed E-state index contributed by atoms with van der Waals surface area (Å²) < 4.78 is 0. The van der Waals surface area contributed by atoms with Crippen molar-refractivity contribution in [3.63, 3.8) is 0 Å². The van der Waals surface area contributed by atoms with E-state index in [0.717, 1.165) is 12.8 Å². The highest BCUT2D eigenvalue weighted by molar-refractivity contribution is 5.83. The number of imidazole rings is 1. The van der Waals surface area contributed by atoms with Crippen LogP contribution in [0.3, 0.4) is 0 Å². The lowest BCUT2D eigenvalue weighted by molar-refractivity contribution is 0.161. The molecule has 0 unspecified atom stereocenters. The van der Waals surface area contributed by atoms with Crippen LogP contribution in [0.4, 0.5) is 16.6 Å². The molecule has 0 aliphatic heterocycles. The normalized spacial score (nSPS) is 10.4. The van der Waals surface area contributed by atoms with Crippen molar-refractivity contribution in [3.8, 4) is 0 Å². The van der Waals surface area contributed by atoms with Gasteiger partial charge in [0, 0.05) is 13.1 Å². The smallest absolute Gasteiger partial charge is 0.338 e. The number of aromatic amines is 1. The first-order chi connectivity index (χ1) is 9.70. The maximum absolute atomic E-state index is 10.7. The lowest BCUT2D eigenvalue weighted by Gasteiger charge is -2.07. The van der Waals surface area contributed by atoms with Gasteiger partial charge in [-0.3, -0.25) is 5.21 Å². The molecule has 0 bridgehead atoms. The molecule has 0 aliphatic rings. The number of rotatable bonds is 6. The van der Waals surface area contributed by atoms with E-state index in [1.807, 2.05) is 0 Å². The number of fused-ring (bicyclic) bond motifs is 1. The molecule has 2 rings (SSSR count). The van der Waals surface area contributed by atoms with Gasteiger partial charge in [-0.1, -0.05) is 0 Å². The number of nitrogens with zero attached hydrogens (tertiary/aromatic N) is 3. The Morgan fingerprint density at radius 3 is 2.95 bits per heavy atom. The van der Waals surface area contributed by atoms with E-state index in [-0.39, 0.29) is 5.95 Å². The maximum atomic E-state index is 10.7. The second-order valence-electron chi connectivity index (χ2n) is 4.03. The van der Waals surface area contributed by atoms with Crippen LogP contribution in [-0.4, -0.2) is 44.3 Å². The van der Waals surface area contributed by atoms with Crippen LogP contribution in [0.25, 0.3) is 11.2 Å². The third-order valence-electron chi connectivity index (χ3n) is 2.59. The number of nitrogens with two attached hydrogens (primary N) is 1. The predicted octanol–water partition coefficient (Wildman–Crippen LogP) is -0.184. The standard InChI is InChI=1S/C10H16N8O2/c11-9-16-7(6-8(17-9)15-5-14-6)12-3-1-2-4-13-10(19)18-20/h5,20H,1-4H2,(H2,13,18,19)(H4,11,12,14,15,16,17). The van der Waals surface area contributed by atoms with Crippen molar-refractivity contribution >= 4 is 29.0 Å². The molecule has 2 amide bonds. The first kappa shape index (κ1) is 13.8. The van der Waals surface area contributed by atoms with Gasteiger partial charge in [0.1, 0.15) is 5.52 Å². The summed E-state index contributed by atoms with van der Waals surface area (Å²) in [5, 5.41) is 13.9. The SMILES string of the molecule is Nc1nc(NCCCCNC(=O)NO)c2[nH]cnc2n1. The van der Waals surface area contributed by atoms with E-state index < -0.39 is 6.03 Å². The molecule has 0 aromatic carbocycles. The molecule has 2 aromatic heterocycles. The highest BCUT2D eigenvalue weighted by atomic mass is 16.5. The number of aromatic nitrogens is 4. The molecule has 7 N–H and O–H groups in total. The molecule has 0 saturated carbocycles. The Morgan fingerprint density at radius 1 is 1.35 bits per heavy atom. The Bertz CT molecular complexity index is 584. The second-order valence-corrected chi connectivity index (χ2v) is 4.03. The summed E-state index contributed by atoms with van der Waals surface area (Å²) in [7, 11) is 0. The number of amides is 2. The number of carbonyl (C=O) groups excluding carboxylic acids is 1. The number of hydroxylamine groups is 1. The molecule has 0 aliphatic carbocycles. The van der Waals surface area contributed by atoms with Crippen LogP contribution in [0.2, 0.25) is 0 Å². The summed E-state index contributed by atoms with van der Waals surface area (Å²) in [6.07, 6.45) is 3.10. The number of urea groups is 1. The molecule has 20 heavy (non-hydrogen) atoms. The lowest BCUT2D eigenvalue weighted by atomic mass is 10.3. The van der Waals surface area contributed by atoms with E-state index in [1.54, 1.807) is 0 Å². The largest absolute Gasteiger partial charge is 0.368 e. The zero-order chi connectivity index (χ0) is 14.4. The Hall–Kier alpha value is -2.62. The Morgan fingerprint density at radius 2 is 2.15 bits per heavy atom. The monoisotopic (exact) mass is 280 g/mol. The quantitative estimate of drug-likeness (QED) is 0.243. The predicted molar refractivity (Wildman–Crippen MR) is 72.1 cm³/mol. The van der Waals surface area contributed by atoms with Crippen molar-refractivity contribution in [3.05, 3.63) is 6.33 Å². The number of nitrogen functional groups attached to an aromatic ring is 1. The van der Waals surface area contributed by atoms with E-state index in [2.05, 4.69) is 30.6 Å². The Balaban J connectivity index is 1.78. The van der Waals surface area contributed by atoms with Gasteiger partial charge in [-0.05, 0) is 12.8 Å². The minimum absolute atomic E-state index is 0.161. The molecule has 10 nitrogen and oxygen atoms in total. The number of anilines is 2. The summed E-state index contributed by atoms with van der Waals surface area (Å²) in [4.78, 5) is 25.7. The third kappa shape index (κ3) is 3.45. The Labute approximate surface area is 114 Å². The van der Waals surface area contributed by atoms with E-state index in [1.165, 1.54) is 11.8 Å². The molecule has 2 heterocycles. The summed E-state index contributed by atoms with van der Waals surface area (Å²) in [6.45, 7) is 1.13. The second kappa shape index (κ2) is 6.52. The van der Waals surface area contributed by atoms with Crippen LogP contribution in [0.15, 0.2) is 6.33 Å². The summed E-state index contributed by atoms with van der Waals surface area (Å²) in [5.74, 6) is 0.763. The van der Waals surface area contributed by atoms with Gasteiger partial charge < -0.3 is 21.4 Å². The number of carbonyl (C=O) groups is 1. The van der Waals surface area contributed by atoms with Crippen molar-refractivity contribution in [1.29, 1.82) is 0 Å². The van der Waals surface area contributed by atoms with Crippen LogP contribution in [0, 0.1) is 0 Å². The molecular formula is C10H16N8O2. The van der Waals surface area contributed by atoms with Crippen LogP contribution in [-0.2, 0) is 0 Å². The van der Waals surface area contributed by atoms with Crippen LogP contribution in [0.1, 0.15) is 12.8 Å². The highest BCUT2D eigenvalue weighted by Gasteiger charge is 2.07. The summed E-state index contributed by atoms with van der Waals surface area (Å²) in [5.41, 5.74) is 8.31. The average Bonchev–Trinajstić information content (AvgIpc) is 2.90. The van der Waals surface area contributed by atoms with E-state index in [0.29, 0.717) is 30.1 Å². The van der Waals surface area contributed by atoms with Gasteiger partial charge in [0.15, 0.2) is 11.5 Å². The van der Waals surface area contributed by atoms with Gasteiger partial charge in [-0.2, -0.15) is 9.97 Å². The van der Waals surface area contributed by atoms with Gasteiger partial charge in [0.2, 0.25) is 5.95 Å². The number of nitrogens with one attached hydrogen (secondary N) is 4. The van der Waals surface area contributed by atoms with E-state index in [4.69, 9.17) is 10.9 Å². The lowest BCUT2D eigenvalue weighted by Crippen LogP contribution is -2.33. The van der Waals surface area contributed by atoms with Gasteiger partial charge >= 0.3 is 6.03 Å². The number of unbranched alkanes of at least 4 members (excludes halogenated alkanes) is 1. The fourth-order valence-electron chi connectivity index (χ4n) is 1.68. The number of H-pyrrole nitrogens is 1.